The Morgan fingerprint density at radius 3 is 2.38 bits per heavy atom. The third-order valence-corrected chi connectivity index (χ3v) is 11.1. The van der Waals surface area contributed by atoms with Gasteiger partial charge in [-0.1, -0.05) is 85.5 Å². The van der Waals surface area contributed by atoms with Crippen molar-refractivity contribution in [2.24, 2.45) is 35.5 Å². The number of ether oxygens (including phenoxy) is 1. The number of allylic oxidation sites excluding steroid dienone is 5. The molecule has 6 atom stereocenters. The van der Waals surface area contributed by atoms with Crippen LogP contribution in [0.2, 0.25) is 0 Å². The van der Waals surface area contributed by atoms with Crippen molar-refractivity contribution in [3.63, 3.8) is 0 Å². The highest BCUT2D eigenvalue weighted by molar-refractivity contribution is 5.66. The average Bonchev–Trinajstić information content (AvgIpc) is 3.00. The van der Waals surface area contributed by atoms with E-state index in [-0.39, 0.29) is 0 Å². The highest BCUT2D eigenvalue weighted by Crippen LogP contribution is 2.59. The lowest BCUT2D eigenvalue weighted by Gasteiger charge is -2.55. The van der Waals surface area contributed by atoms with Crippen molar-refractivity contribution < 1.29 is 4.74 Å². The van der Waals surface area contributed by atoms with Crippen LogP contribution >= 0.6 is 0 Å². The fraction of sp³-hybridized carbons (Fsp3) is 0.514. The van der Waals surface area contributed by atoms with Gasteiger partial charge in [0, 0.05) is 24.5 Å². The molecule has 0 radical (unpaired) electrons. The van der Waals surface area contributed by atoms with Crippen LogP contribution in [-0.2, 0) is 4.74 Å². The summed E-state index contributed by atoms with van der Waals surface area (Å²) in [7, 11) is 1.86. The molecule has 4 fully saturated rings. The lowest BCUT2D eigenvalue weighted by molar-refractivity contribution is -0.000403. The zero-order valence-corrected chi connectivity index (χ0v) is 23.6. The van der Waals surface area contributed by atoms with Crippen LogP contribution in [0.4, 0.5) is 11.4 Å². The molecule has 6 unspecified atom stereocenters. The first-order valence-electron chi connectivity index (χ1n) is 15.8. The fourth-order valence-corrected chi connectivity index (χ4v) is 9.30. The Balaban J connectivity index is 1.10. The van der Waals surface area contributed by atoms with Gasteiger partial charge in [-0.25, -0.2) is 0 Å². The molecule has 0 spiro atoms. The monoisotopic (exact) mass is 519 g/mol. The first-order valence-corrected chi connectivity index (χ1v) is 15.8. The standard InChI is InChI=1S/C37H45NO/c1-39-34-23-21-33(22-24-34)38(31-10-3-2-4-11-31)32-19-14-26(15-20-32)13-16-29-25-30-9-5-7-27-17-18-28-8-6-12-35(29)37(28)36(27)30/h2-4,6,8,10-16,19-20,27,29-30,33-37H,5,7,9,17-18,21-25H2,1H3. The predicted molar refractivity (Wildman–Crippen MR) is 163 cm³/mol. The molecule has 5 aliphatic rings. The smallest absolute Gasteiger partial charge is 0.0572 e. The molecule has 39 heavy (non-hydrogen) atoms. The molecule has 204 valence electrons. The Morgan fingerprint density at radius 1 is 0.821 bits per heavy atom. The zero-order chi connectivity index (χ0) is 26.2. The molecule has 0 amide bonds. The number of anilines is 2. The van der Waals surface area contributed by atoms with Crippen LogP contribution in [0, 0.1) is 35.5 Å². The van der Waals surface area contributed by atoms with E-state index >= 15 is 0 Å². The van der Waals surface area contributed by atoms with Crippen LogP contribution in [0.3, 0.4) is 0 Å². The van der Waals surface area contributed by atoms with Crippen LogP contribution in [0.15, 0.2) is 84.5 Å². The summed E-state index contributed by atoms with van der Waals surface area (Å²) >= 11 is 0. The van der Waals surface area contributed by atoms with Gasteiger partial charge < -0.3 is 9.64 Å². The summed E-state index contributed by atoms with van der Waals surface area (Å²) in [4.78, 5) is 2.57. The second-order valence-electron chi connectivity index (χ2n) is 13.0. The van der Waals surface area contributed by atoms with Gasteiger partial charge in [0.2, 0.25) is 0 Å². The molecule has 0 bridgehead atoms. The van der Waals surface area contributed by atoms with Gasteiger partial charge in [0.15, 0.2) is 0 Å². The molecular formula is C37H45NO. The highest BCUT2D eigenvalue weighted by Gasteiger charge is 2.50. The Hall–Kier alpha value is -2.58. The second-order valence-corrected chi connectivity index (χ2v) is 13.0. The molecule has 4 saturated carbocycles. The molecule has 5 aliphatic carbocycles. The molecule has 7 rings (SSSR count). The number of nitrogens with zero attached hydrogens (tertiary/aromatic N) is 1. The van der Waals surface area contributed by atoms with E-state index in [0.717, 1.165) is 36.5 Å². The van der Waals surface area contributed by atoms with Gasteiger partial charge in [0.05, 0.1) is 6.10 Å². The van der Waals surface area contributed by atoms with Crippen LogP contribution in [0.25, 0.3) is 6.08 Å². The molecular weight excluding hydrogens is 474 g/mol. The number of methoxy groups -OCH3 is 1. The fourth-order valence-electron chi connectivity index (χ4n) is 9.30. The van der Waals surface area contributed by atoms with Crippen molar-refractivity contribution in [1.82, 2.24) is 0 Å². The van der Waals surface area contributed by atoms with Crippen molar-refractivity contribution in [1.29, 1.82) is 0 Å². The van der Waals surface area contributed by atoms with Gasteiger partial charge in [-0.2, -0.15) is 0 Å². The van der Waals surface area contributed by atoms with E-state index < -0.39 is 0 Å². The summed E-state index contributed by atoms with van der Waals surface area (Å²) < 4.78 is 5.67. The van der Waals surface area contributed by atoms with Gasteiger partial charge in [0.25, 0.3) is 0 Å². The largest absolute Gasteiger partial charge is 0.381 e. The minimum Gasteiger partial charge on any atom is -0.381 e. The predicted octanol–water partition coefficient (Wildman–Crippen LogP) is 9.37. The van der Waals surface area contributed by atoms with Gasteiger partial charge in [0.1, 0.15) is 0 Å². The van der Waals surface area contributed by atoms with Crippen LogP contribution in [0.5, 0.6) is 0 Å². The zero-order valence-electron chi connectivity index (χ0n) is 23.6. The van der Waals surface area contributed by atoms with Gasteiger partial charge in [-0.15, -0.1) is 0 Å². The highest BCUT2D eigenvalue weighted by atomic mass is 16.5. The molecule has 0 aromatic heterocycles. The molecule has 2 aromatic rings. The van der Waals surface area contributed by atoms with Crippen LogP contribution in [0.1, 0.15) is 69.8 Å². The van der Waals surface area contributed by atoms with E-state index in [9.17, 15) is 0 Å². The van der Waals surface area contributed by atoms with Crippen molar-refractivity contribution in [2.45, 2.75) is 76.4 Å². The quantitative estimate of drug-likeness (QED) is 0.377. The van der Waals surface area contributed by atoms with Crippen molar-refractivity contribution in [2.75, 3.05) is 12.0 Å². The maximum atomic E-state index is 5.67. The first-order chi connectivity index (χ1) is 19.3. The molecule has 2 heteroatoms. The van der Waals surface area contributed by atoms with E-state index in [4.69, 9.17) is 4.74 Å². The third kappa shape index (κ3) is 4.95. The number of para-hydroxylation sites is 1. The van der Waals surface area contributed by atoms with E-state index in [1.807, 2.05) is 7.11 Å². The average molecular weight is 520 g/mol. The topological polar surface area (TPSA) is 12.5 Å². The molecule has 2 nitrogen and oxygen atoms in total. The van der Waals surface area contributed by atoms with Gasteiger partial charge in [-0.3, -0.25) is 0 Å². The Morgan fingerprint density at radius 2 is 1.59 bits per heavy atom. The first kappa shape index (κ1) is 25.4. The van der Waals surface area contributed by atoms with Gasteiger partial charge >= 0.3 is 0 Å². The van der Waals surface area contributed by atoms with Crippen LogP contribution < -0.4 is 4.90 Å². The van der Waals surface area contributed by atoms with Crippen molar-refractivity contribution in [3.05, 3.63) is 90.0 Å². The molecule has 0 saturated heterocycles. The Kier molecular flexibility index (Phi) is 7.24. The second kappa shape index (κ2) is 11.1. The molecule has 2 aromatic carbocycles. The number of hydrogen-bond donors (Lipinski definition) is 0. The summed E-state index contributed by atoms with van der Waals surface area (Å²) in [5.74, 6) is 5.08. The number of benzene rings is 2. The van der Waals surface area contributed by atoms with Gasteiger partial charge in [-0.05, 0) is 110 Å². The summed E-state index contributed by atoms with van der Waals surface area (Å²) in [6.07, 6.45) is 26.1. The number of hydrogen-bond acceptors (Lipinski definition) is 2. The lowest BCUT2D eigenvalue weighted by Crippen LogP contribution is -2.48. The minimum absolute atomic E-state index is 0.417. The summed E-state index contributed by atoms with van der Waals surface area (Å²) in [6.45, 7) is 0. The van der Waals surface area contributed by atoms with E-state index in [1.54, 1.807) is 5.57 Å². The minimum atomic E-state index is 0.417. The molecule has 0 heterocycles. The summed E-state index contributed by atoms with van der Waals surface area (Å²) in [6, 6.07) is 20.9. The SMILES string of the molecule is COC1CCC(N(c2ccccc2)c2ccc(C=CC3CC4CCCC5CCC6=CC=CC3C6C54)cc2)CC1. The summed E-state index contributed by atoms with van der Waals surface area (Å²) in [5, 5.41) is 0. The van der Waals surface area contributed by atoms with Crippen molar-refractivity contribution >= 4 is 17.5 Å². The Bertz CT molecular complexity index is 1200. The normalized spacial score (nSPS) is 35.4. The molecule has 0 N–H and O–H groups in total. The molecule has 0 aliphatic heterocycles. The maximum absolute atomic E-state index is 5.67. The van der Waals surface area contributed by atoms with E-state index in [2.05, 4.69) is 89.9 Å². The summed E-state index contributed by atoms with van der Waals surface area (Å²) in [5.41, 5.74) is 5.71. The third-order valence-electron chi connectivity index (χ3n) is 11.1. The lowest BCUT2D eigenvalue weighted by atomic mass is 9.49. The maximum Gasteiger partial charge on any atom is 0.0572 e. The van der Waals surface area contributed by atoms with Crippen molar-refractivity contribution in [3.8, 4) is 0 Å². The van der Waals surface area contributed by atoms with Crippen LogP contribution in [-0.4, -0.2) is 19.3 Å². The van der Waals surface area contributed by atoms with E-state index in [0.29, 0.717) is 24.0 Å². The van der Waals surface area contributed by atoms with E-state index in [1.165, 1.54) is 68.3 Å². The number of rotatable bonds is 6. The Labute approximate surface area is 235 Å².